The summed E-state index contributed by atoms with van der Waals surface area (Å²) in [7, 11) is 9.10. The summed E-state index contributed by atoms with van der Waals surface area (Å²) in [6, 6.07) is 18.8. The van der Waals surface area contributed by atoms with Crippen LogP contribution in [0.5, 0.6) is 0 Å². The third-order valence-electron chi connectivity index (χ3n) is 11.0. The first-order valence-electron chi connectivity index (χ1n) is 19.1. The van der Waals surface area contributed by atoms with Crippen molar-refractivity contribution in [1.29, 1.82) is 0 Å². The summed E-state index contributed by atoms with van der Waals surface area (Å²) in [5.41, 5.74) is 20.8. The van der Waals surface area contributed by atoms with Crippen LogP contribution < -0.4 is 19.6 Å². The van der Waals surface area contributed by atoms with E-state index in [4.69, 9.17) is 9.69 Å². The van der Waals surface area contributed by atoms with Gasteiger partial charge in [-0.3, -0.25) is 0 Å². The van der Waals surface area contributed by atoms with Crippen molar-refractivity contribution in [2.24, 2.45) is 0 Å². The maximum atomic E-state index is 9.10. The van der Waals surface area contributed by atoms with E-state index in [1.807, 2.05) is 0 Å². The van der Waals surface area contributed by atoms with Crippen LogP contribution in [0.2, 0.25) is 0 Å². The summed E-state index contributed by atoms with van der Waals surface area (Å²) >= 11 is -3.89. The number of rotatable bonds is 5. The predicted molar refractivity (Wildman–Crippen MR) is 230 cm³/mol. The van der Waals surface area contributed by atoms with E-state index in [1.54, 1.807) is 0 Å². The summed E-state index contributed by atoms with van der Waals surface area (Å²) in [5, 5.41) is 0. The van der Waals surface area contributed by atoms with Crippen LogP contribution in [0.25, 0.3) is 0 Å². The molecule has 7 rings (SSSR count). The Morgan fingerprint density at radius 1 is 0.415 bits per heavy atom. The van der Waals surface area contributed by atoms with Gasteiger partial charge in [-0.15, -0.1) is 0 Å². The van der Waals surface area contributed by atoms with Gasteiger partial charge in [-0.05, 0) is 0 Å². The van der Waals surface area contributed by atoms with Crippen molar-refractivity contribution in [2.75, 3.05) is 45.8 Å². The van der Waals surface area contributed by atoms with Gasteiger partial charge in [0.25, 0.3) is 0 Å². The number of aryl methyl sites for hydroxylation is 12. The number of benzene rings is 4. The third-order valence-corrected chi connectivity index (χ3v) is 19.7. The van der Waals surface area contributed by atoms with Crippen molar-refractivity contribution >= 4 is 41.1 Å². The van der Waals surface area contributed by atoms with E-state index in [-0.39, 0.29) is 0 Å². The molecule has 0 N–H and O–H groups in total. The van der Waals surface area contributed by atoms with Crippen LogP contribution in [0.4, 0.5) is 22.7 Å². The SMILES string of the molecule is Cc1cc(C)c(N2CCN(c3c(C)cc(C)cc3C)[C]2=[Ru]([Cl])([C]2=CC=CC2)=[C]2N(c3c(C)cc(C)cc3C)CCN2c2c(C)cc(C)cc2C)c(C)c1. The second-order valence-corrected chi connectivity index (χ2v) is 23.1. The zero-order valence-corrected chi connectivity index (χ0v) is 36.4. The molecule has 2 fully saturated rings. The molecule has 0 bridgehead atoms. The van der Waals surface area contributed by atoms with Crippen molar-refractivity contribution in [1.82, 2.24) is 0 Å². The quantitative estimate of drug-likeness (QED) is 0.186. The van der Waals surface area contributed by atoms with Gasteiger partial charge in [-0.1, -0.05) is 0 Å². The van der Waals surface area contributed by atoms with Crippen molar-refractivity contribution in [2.45, 2.75) is 89.5 Å². The Bertz CT molecular complexity index is 2000. The Hall–Kier alpha value is -3.79. The van der Waals surface area contributed by atoms with E-state index in [1.165, 1.54) is 102 Å². The van der Waals surface area contributed by atoms with Crippen molar-refractivity contribution in [3.05, 3.63) is 138 Å². The van der Waals surface area contributed by atoms with E-state index in [0.717, 1.165) is 32.6 Å². The molecule has 0 atom stereocenters. The van der Waals surface area contributed by atoms with Crippen LogP contribution >= 0.6 is 9.69 Å². The Morgan fingerprint density at radius 2 is 0.660 bits per heavy atom. The molecule has 0 radical (unpaired) electrons. The van der Waals surface area contributed by atoms with E-state index in [9.17, 15) is 0 Å². The topological polar surface area (TPSA) is 13.0 Å². The van der Waals surface area contributed by atoms with Gasteiger partial charge in [0.2, 0.25) is 0 Å². The molecular weight excluding hydrogens is 757 g/mol. The molecule has 2 saturated heterocycles. The minimum atomic E-state index is -3.89. The number of allylic oxidation sites excluding steroid dienone is 4. The van der Waals surface area contributed by atoms with Gasteiger partial charge in [0.05, 0.1) is 0 Å². The molecule has 1 aliphatic carbocycles. The van der Waals surface area contributed by atoms with Crippen LogP contribution in [0.15, 0.2) is 70.9 Å². The van der Waals surface area contributed by atoms with Crippen LogP contribution in [-0.4, -0.2) is 34.9 Å². The molecule has 4 aromatic rings. The molecule has 53 heavy (non-hydrogen) atoms. The van der Waals surface area contributed by atoms with Crippen LogP contribution in [0, 0.1) is 83.1 Å². The van der Waals surface area contributed by atoms with Gasteiger partial charge < -0.3 is 0 Å². The van der Waals surface area contributed by atoms with Crippen LogP contribution in [0.3, 0.4) is 0 Å². The van der Waals surface area contributed by atoms with E-state index in [2.05, 4.69) is 169 Å². The van der Waals surface area contributed by atoms with Crippen LogP contribution in [-0.2, 0) is 12.9 Å². The normalized spacial score (nSPS) is 16.5. The summed E-state index contributed by atoms with van der Waals surface area (Å²) < 4.78 is 3.95. The fraction of sp³-hybridized carbons (Fsp3) is 0.362. The second-order valence-electron chi connectivity index (χ2n) is 15.8. The van der Waals surface area contributed by atoms with E-state index >= 15 is 0 Å². The number of anilines is 4. The molecule has 0 unspecified atom stereocenters. The Kier molecular flexibility index (Phi) is 10.0. The minimum absolute atomic E-state index is 0.863. The molecule has 2 heterocycles. The molecule has 4 aromatic carbocycles. The van der Waals surface area contributed by atoms with Gasteiger partial charge >= 0.3 is 327 Å². The first kappa shape index (κ1) is 37.5. The number of hydrogen-bond donors (Lipinski definition) is 0. The third kappa shape index (κ3) is 6.36. The fourth-order valence-corrected chi connectivity index (χ4v) is 18.7. The van der Waals surface area contributed by atoms with E-state index in [0.29, 0.717) is 0 Å². The van der Waals surface area contributed by atoms with Crippen LogP contribution in [0.1, 0.15) is 73.2 Å². The Labute approximate surface area is 325 Å². The molecular formula is C47H57ClN4Ru. The maximum absolute atomic E-state index is 9.10. The number of nitrogens with zero attached hydrogens (tertiary/aromatic N) is 4. The molecule has 0 aromatic heterocycles. The monoisotopic (exact) mass is 814 g/mol. The molecule has 3 aliphatic rings. The van der Waals surface area contributed by atoms with Crippen molar-refractivity contribution in [3.63, 3.8) is 0 Å². The average Bonchev–Trinajstić information content (AvgIpc) is 3.81. The predicted octanol–water partition coefficient (Wildman–Crippen LogP) is 11.1. The second kappa shape index (κ2) is 14.1. The first-order valence-corrected chi connectivity index (χ1v) is 23.9. The summed E-state index contributed by atoms with van der Waals surface area (Å²) in [4.78, 5) is 10.6. The van der Waals surface area contributed by atoms with Crippen molar-refractivity contribution in [3.8, 4) is 0 Å². The van der Waals surface area contributed by atoms with Crippen molar-refractivity contribution < 1.29 is 12.9 Å². The Balaban J connectivity index is 1.73. The number of halogens is 1. The molecule has 0 amide bonds. The molecule has 0 saturated carbocycles. The zero-order valence-electron chi connectivity index (χ0n) is 33.9. The Morgan fingerprint density at radius 3 is 0.868 bits per heavy atom. The fourth-order valence-electron chi connectivity index (χ4n) is 9.64. The molecule has 2 aliphatic heterocycles. The molecule has 0 spiro atoms. The van der Waals surface area contributed by atoms with Gasteiger partial charge in [0.15, 0.2) is 0 Å². The van der Waals surface area contributed by atoms with E-state index < -0.39 is 12.9 Å². The molecule has 6 heteroatoms. The zero-order chi connectivity index (χ0) is 38.1. The summed E-state index contributed by atoms with van der Waals surface area (Å²) in [6.45, 7) is 30.6. The number of hydrogen-bond acceptors (Lipinski definition) is 4. The molecule has 280 valence electrons. The molecule has 4 nitrogen and oxygen atoms in total. The average molecular weight is 815 g/mol. The standard InChI is InChI=1S/2C21H26N2.C5H5.ClH.Ru/c2*1-14-9-16(3)20(17(4)10-14)22-7-8-23(13-22)21-18(5)11-15(2)12-19(21)6;1-2-4-5-3-1;;/h2*9-12H,7-8H2,1-6H3;1-3H,4H2;1H;/q;;;;+1/p-1. The summed E-state index contributed by atoms with van der Waals surface area (Å²) in [5.74, 6) is 0. The first-order chi connectivity index (χ1) is 25.1. The van der Waals surface area contributed by atoms with Gasteiger partial charge in [-0.2, -0.15) is 0 Å². The van der Waals surface area contributed by atoms with Gasteiger partial charge in [0.1, 0.15) is 0 Å². The van der Waals surface area contributed by atoms with Gasteiger partial charge in [0, 0.05) is 0 Å². The summed E-state index contributed by atoms with van der Waals surface area (Å²) in [6.07, 6.45) is 7.80. The van der Waals surface area contributed by atoms with Gasteiger partial charge in [-0.25, -0.2) is 0 Å².